The van der Waals surface area contributed by atoms with E-state index in [0.29, 0.717) is 12.8 Å². The molecular weight excluding hydrogens is 150 g/mol. The van der Waals surface area contributed by atoms with Gasteiger partial charge in [0.2, 0.25) is 0 Å². The van der Waals surface area contributed by atoms with Crippen molar-refractivity contribution >= 4 is 0 Å². The molecule has 0 aliphatic rings. The Kier molecular flexibility index (Phi) is 7.73. The summed E-state index contributed by atoms with van der Waals surface area (Å²) in [6.45, 7) is 2.09. The third kappa shape index (κ3) is 7.30. The van der Waals surface area contributed by atoms with Gasteiger partial charge < -0.3 is 5.11 Å². The van der Waals surface area contributed by atoms with Gasteiger partial charge in [-0.3, -0.25) is 0 Å². The smallest absolute Gasteiger partial charge is 0.0622 e. The fourth-order valence-electron chi connectivity index (χ4n) is 0.949. The van der Waals surface area contributed by atoms with E-state index in [0.717, 1.165) is 19.3 Å². The number of hydrogen-bond donors (Lipinski definition) is 1. The molecule has 2 nitrogen and oxygen atoms in total. The Morgan fingerprint density at radius 2 is 2.17 bits per heavy atom. The van der Waals surface area contributed by atoms with E-state index in [2.05, 4.69) is 19.1 Å². The fraction of sp³-hybridized carbons (Fsp3) is 0.700. The lowest BCUT2D eigenvalue weighted by Gasteiger charge is -2.04. The van der Waals surface area contributed by atoms with E-state index in [1.165, 1.54) is 0 Å². The van der Waals surface area contributed by atoms with Crippen LogP contribution in [0.25, 0.3) is 0 Å². The zero-order valence-corrected chi connectivity index (χ0v) is 7.66. The van der Waals surface area contributed by atoms with Crippen LogP contribution >= 0.6 is 0 Å². The molecule has 0 rings (SSSR count). The second-order valence-corrected chi connectivity index (χ2v) is 2.81. The molecule has 2 heteroatoms. The van der Waals surface area contributed by atoms with Crippen molar-refractivity contribution in [3.63, 3.8) is 0 Å². The van der Waals surface area contributed by atoms with Crippen molar-refractivity contribution in [2.45, 2.75) is 45.1 Å². The quantitative estimate of drug-likeness (QED) is 0.617. The van der Waals surface area contributed by atoms with Gasteiger partial charge in [0.05, 0.1) is 12.2 Å². The molecule has 0 aromatic carbocycles. The molecule has 0 saturated heterocycles. The molecule has 0 saturated carbocycles. The fourth-order valence-corrected chi connectivity index (χ4v) is 0.949. The molecule has 0 aromatic rings. The van der Waals surface area contributed by atoms with E-state index in [-0.39, 0.29) is 6.10 Å². The first kappa shape index (κ1) is 11.2. The Balaban J connectivity index is 3.26. The Morgan fingerprint density at radius 3 is 2.75 bits per heavy atom. The SMILES string of the molecule is CCC=CCCC(O)CCC#N. The van der Waals surface area contributed by atoms with Crippen molar-refractivity contribution in [3.8, 4) is 6.07 Å². The molecule has 1 N–H and O–H groups in total. The molecule has 12 heavy (non-hydrogen) atoms. The van der Waals surface area contributed by atoms with Crippen LogP contribution in [0.4, 0.5) is 0 Å². The van der Waals surface area contributed by atoms with Crippen LogP contribution in [-0.4, -0.2) is 11.2 Å². The standard InChI is InChI=1S/C10H17NO/c1-2-3-4-5-7-10(12)8-6-9-11/h3-4,10,12H,2,5-8H2,1H3. The Bertz CT molecular complexity index is 158. The molecule has 0 aromatic heterocycles. The number of nitrogens with zero attached hydrogens (tertiary/aromatic N) is 1. The largest absolute Gasteiger partial charge is 0.393 e. The number of aliphatic hydroxyl groups excluding tert-OH is 1. The highest BCUT2D eigenvalue weighted by atomic mass is 16.3. The molecule has 0 radical (unpaired) electrons. The van der Waals surface area contributed by atoms with E-state index in [1.54, 1.807) is 0 Å². The molecule has 0 aliphatic carbocycles. The summed E-state index contributed by atoms with van der Waals surface area (Å²) in [4.78, 5) is 0. The molecular formula is C10H17NO. The topological polar surface area (TPSA) is 44.0 Å². The van der Waals surface area contributed by atoms with Gasteiger partial charge in [-0.05, 0) is 25.7 Å². The van der Waals surface area contributed by atoms with Gasteiger partial charge in [-0.2, -0.15) is 5.26 Å². The molecule has 0 aliphatic heterocycles. The van der Waals surface area contributed by atoms with E-state index in [1.807, 2.05) is 6.07 Å². The first-order valence-electron chi connectivity index (χ1n) is 4.51. The highest BCUT2D eigenvalue weighted by Gasteiger charge is 2.00. The van der Waals surface area contributed by atoms with Crippen molar-refractivity contribution in [2.75, 3.05) is 0 Å². The summed E-state index contributed by atoms with van der Waals surface area (Å²) in [6, 6.07) is 2.02. The van der Waals surface area contributed by atoms with Crippen molar-refractivity contribution in [1.29, 1.82) is 5.26 Å². The third-order valence-corrected chi connectivity index (χ3v) is 1.66. The number of rotatable bonds is 6. The molecule has 0 bridgehead atoms. The van der Waals surface area contributed by atoms with Crippen LogP contribution in [0.15, 0.2) is 12.2 Å². The molecule has 0 spiro atoms. The van der Waals surface area contributed by atoms with Crippen LogP contribution in [0.5, 0.6) is 0 Å². The molecule has 0 fully saturated rings. The highest BCUT2D eigenvalue weighted by molar-refractivity contribution is 4.81. The average Bonchev–Trinajstić information content (AvgIpc) is 2.09. The summed E-state index contributed by atoms with van der Waals surface area (Å²) in [5, 5.41) is 17.5. The molecule has 0 amide bonds. The van der Waals surface area contributed by atoms with Crippen molar-refractivity contribution < 1.29 is 5.11 Å². The Hall–Kier alpha value is -0.810. The van der Waals surface area contributed by atoms with Crippen LogP contribution in [0.2, 0.25) is 0 Å². The Labute approximate surface area is 74.5 Å². The van der Waals surface area contributed by atoms with Gasteiger partial charge in [-0.25, -0.2) is 0 Å². The summed E-state index contributed by atoms with van der Waals surface area (Å²) >= 11 is 0. The van der Waals surface area contributed by atoms with Crippen molar-refractivity contribution in [3.05, 3.63) is 12.2 Å². The lowest BCUT2D eigenvalue weighted by Crippen LogP contribution is -2.04. The minimum absolute atomic E-state index is 0.300. The van der Waals surface area contributed by atoms with E-state index in [4.69, 9.17) is 5.26 Å². The van der Waals surface area contributed by atoms with Crippen molar-refractivity contribution in [1.82, 2.24) is 0 Å². The maximum absolute atomic E-state index is 9.29. The minimum Gasteiger partial charge on any atom is -0.393 e. The van der Waals surface area contributed by atoms with Gasteiger partial charge in [0, 0.05) is 6.42 Å². The summed E-state index contributed by atoms with van der Waals surface area (Å²) < 4.78 is 0. The summed E-state index contributed by atoms with van der Waals surface area (Å²) in [5.41, 5.74) is 0. The number of hydrogen-bond acceptors (Lipinski definition) is 2. The van der Waals surface area contributed by atoms with Gasteiger partial charge >= 0.3 is 0 Å². The predicted molar refractivity (Wildman–Crippen MR) is 49.5 cm³/mol. The molecule has 1 atom stereocenters. The number of allylic oxidation sites excluding steroid dienone is 2. The predicted octanol–water partition coefficient (Wildman–Crippen LogP) is 2.40. The minimum atomic E-state index is -0.300. The second kappa shape index (κ2) is 8.29. The van der Waals surface area contributed by atoms with Gasteiger partial charge in [0.1, 0.15) is 0 Å². The van der Waals surface area contributed by atoms with Crippen LogP contribution < -0.4 is 0 Å². The normalized spacial score (nSPS) is 13.1. The third-order valence-electron chi connectivity index (χ3n) is 1.66. The van der Waals surface area contributed by atoms with Gasteiger partial charge in [0.25, 0.3) is 0 Å². The monoisotopic (exact) mass is 167 g/mol. The van der Waals surface area contributed by atoms with Crippen LogP contribution in [0, 0.1) is 11.3 Å². The molecule has 0 heterocycles. The number of nitriles is 1. The van der Waals surface area contributed by atoms with E-state index >= 15 is 0 Å². The first-order chi connectivity index (χ1) is 5.81. The molecule has 1 unspecified atom stereocenters. The average molecular weight is 167 g/mol. The van der Waals surface area contributed by atoms with E-state index in [9.17, 15) is 5.11 Å². The van der Waals surface area contributed by atoms with Crippen LogP contribution in [-0.2, 0) is 0 Å². The van der Waals surface area contributed by atoms with Gasteiger partial charge in [-0.1, -0.05) is 19.1 Å². The summed E-state index contributed by atoms with van der Waals surface area (Å²) in [5.74, 6) is 0. The highest BCUT2D eigenvalue weighted by Crippen LogP contribution is 2.04. The lowest BCUT2D eigenvalue weighted by molar-refractivity contribution is 0.157. The number of aliphatic hydroxyl groups is 1. The maximum Gasteiger partial charge on any atom is 0.0622 e. The zero-order valence-electron chi connectivity index (χ0n) is 7.66. The van der Waals surface area contributed by atoms with Gasteiger partial charge in [-0.15, -0.1) is 0 Å². The first-order valence-corrected chi connectivity index (χ1v) is 4.51. The van der Waals surface area contributed by atoms with Gasteiger partial charge in [0.15, 0.2) is 0 Å². The second-order valence-electron chi connectivity index (χ2n) is 2.81. The zero-order chi connectivity index (χ0) is 9.23. The van der Waals surface area contributed by atoms with E-state index < -0.39 is 0 Å². The summed E-state index contributed by atoms with van der Waals surface area (Å²) in [6.07, 6.45) is 7.68. The van der Waals surface area contributed by atoms with Crippen LogP contribution in [0.3, 0.4) is 0 Å². The van der Waals surface area contributed by atoms with Crippen LogP contribution in [0.1, 0.15) is 39.0 Å². The van der Waals surface area contributed by atoms with Crippen molar-refractivity contribution in [2.24, 2.45) is 0 Å². The maximum atomic E-state index is 9.29. The summed E-state index contributed by atoms with van der Waals surface area (Å²) in [7, 11) is 0. The molecule has 68 valence electrons. The lowest BCUT2D eigenvalue weighted by atomic mass is 10.1. The Morgan fingerprint density at radius 1 is 1.42 bits per heavy atom.